The lowest BCUT2D eigenvalue weighted by Gasteiger charge is -2.22. The van der Waals surface area contributed by atoms with Gasteiger partial charge in [0.2, 0.25) is 5.91 Å². The van der Waals surface area contributed by atoms with Crippen molar-refractivity contribution in [3.8, 4) is 0 Å². The van der Waals surface area contributed by atoms with Crippen molar-refractivity contribution in [2.24, 2.45) is 5.92 Å². The van der Waals surface area contributed by atoms with Gasteiger partial charge in [-0.25, -0.2) is 0 Å². The molecule has 22 heavy (non-hydrogen) atoms. The SMILES string of the molecule is Cc1cccnc1CN1CCN(C(=O)CC2CC2)C[C@@H](O)C1. The quantitative estimate of drug-likeness (QED) is 0.908. The van der Waals surface area contributed by atoms with Crippen LogP contribution in [-0.4, -0.2) is 58.1 Å². The molecule has 1 N–H and O–H groups in total. The second-order valence-corrected chi connectivity index (χ2v) is 6.64. The Morgan fingerprint density at radius 2 is 2.18 bits per heavy atom. The molecule has 5 nitrogen and oxygen atoms in total. The molecular weight excluding hydrogens is 278 g/mol. The van der Waals surface area contributed by atoms with E-state index in [2.05, 4.69) is 22.9 Å². The number of hydrogen-bond donors (Lipinski definition) is 1. The largest absolute Gasteiger partial charge is 0.390 e. The molecular formula is C17H25N3O2. The molecule has 0 bridgehead atoms. The number of carbonyl (C=O) groups excluding carboxylic acids is 1. The van der Waals surface area contributed by atoms with Crippen molar-refractivity contribution in [3.05, 3.63) is 29.6 Å². The van der Waals surface area contributed by atoms with Crippen molar-refractivity contribution >= 4 is 5.91 Å². The summed E-state index contributed by atoms with van der Waals surface area (Å²) in [6.07, 6.45) is 4.36. The summed E-state index contributed by atoms with van der Waals surface area (Å²) in [5.41, 5.74) is 2.22. The van der Waals surface area contributed by atoms with Gasteiger partial charge < -0.3 is 10.0 Å². The number of hydrogen-bond acceptors (Lipinski definition) is 4. The number of amides is 1. The van der Waals surface area contributed by atoms with Crippen LogP contribution in [0.1, 0.15) is 30.5 Å². The van der Waals surface area contributed by atoms with E-state index in [9.17, 15) is 9.90 Å². The first-order valence-corrected chi connectivity index (χ1v) is 8.20. The van der Waals surface area contributed by atoms with Gasteiger partial charge in [0.25, 0.3) is 0 Å². The molecule has 0 unspecified atom stereocenters. The van der Waals surface area contributed by atoms with Crippen molar-refractivity contribution in [1.82, 2.24) is 14.8 Å². The summed E-state index contributed by atoms with van der Waals surface area (Å²) in [6, 6.07) is 4.00. The minimum absolute atomic E-state index is 0.206. The summed E-state index contributed by atoms with van der Waals surface area (Å²) in [7, 11) is 0. The molecule has 2 aliphatic rings. The Bertz CT molecular complexity index is 530. The second-order valence-electron chi connectivity index (χ2n) is 6.64. The van der Waals surface area contributed by atoms with Gasteiger partial charge in [-0.3, -0.25) is 14.7 Å². The van der Waals surface area contributed by atoms with E-state index >= 15 is 0 Å². The molecule has 2 fully saturated rings. The molecule has 0 spiro atoms. The third-order valence-electron chi connectivity index (χ3n) is 4.59. The van der Waals surface area contributed by atoms with Gasteiger partial charge in [0, 0.05) is 45.3 Å². The molecule has 0 aromatic carbocycles. The Morgan fingerprint density at radius 3 is 2.91 bits per heavy atom. The molecule has 0 radical (unpaired) electrons. The monoisotopic (exact) mass is 303 g/mol. The lowest BCUT2D eigenvalue weighted by molar-refractivity contribution is -0.132. The van der Waals surface area contributed by atoms with Crippen LogP contribution in [-0.2, 0) is 11.3 Å². The Kier molecular flexibility index (Phi) is 4.74. The van der Waals surface area contributed by atoms with Crippen LogP contribution in [0.5, 0.6) is 0 Å². The van der Waals surface area contributed by atoms with Crippen LogP contribution in [0.3, 0.4) is 0 Å². The fourth-order valence-corrected chi connectivity index (χ4v) is 3.02. The molecule has 1 saturated heterocycles. The van der Waals surface area contributed by atoms with Crippen LogP contribution in [0, 0.1) is 12.8 Å². The highest BCUT2D eigenvalue weighted by Gasteiger charge is 2.29. The predicted molar refractivity (Wildman–Crippen MR) is 84.2 cm³/mol. The smallest absolute Gasteiger partial charge is 0.222 e. The molecule has 1 saturated carbocycles. The van der Waals surface area contributed by atoms with Crippen LogP contribution >= 0.6 is 0 Å². The van der Waals surface area contributed by atoms with Crippen molar-refractivity contribution in [3.63, 3.8) is 0 Å². The topological polar surface area (TPSA) is 56.7 Å². The van der Waals surface area contributed by atoms with Crippen LogP contribution in [0.25, 0.3) is 0 Å². The highest BCUT2D eigenvalue weighted by Crippen LogP contribution is 2.33. The molecule has 120 valence electrons. The molecule has 1 aliphatic carbocycles. The first-order valence-electron chi connectivity index (χ1n) is 8.20. The van der Waals surface area contributed by atoms with Crippen molar-refractivity contribution in [2.75, 3.05) is 26.2 Å². The van der Waals surface area contributed by atoms with E-state index < -0.39 is 6.10 Å². The van der Waals surface area contributed by atoms with Gasteiger partial charge in [0.05, 0.1) is 11.8 Å². The molecule has 3 rings (SSSR count). The number of nitrogens with zero attached hydrogens (tertiary/aromatic N) is 3. The van der Waals surface area contributed by atoms with Gasteiger partial charge in [0.15, 0.2) is 0 Å². The minimum atomic E-state index is -0.477. The minimum Gasteiger partial charge on any atom is -0.390 e. The van der Waals surface area contributed by atoms with E-state index in [0.717, 1.165) is 18.8 Å². The predicted octanol–water partition coefficient (Wildman–Crippen LogP) is 1.20. The van der Waals surface area contributed by atoms with Crippen LogP contribution in [0.15, 0.2) is 18.3 Å². The summed E-state index contributed by atoms with van der Waals surface area (Å²) in [6.45, 7) is 5.35. The van der Waals surface area contributed by atoms with E-state index in [0.29, 0.717) is 32.0 Å². The van der Waals surface area contributed by atoms with E-state index in [-0.39, 0.29) is 5.91 Å². The Balaban J connectivity index is 1.59. The number of aromatic nitrogens is 1. The first kappa shape index (κ1) is 15.4. The van der Waals surface area contributed by atoms with E-state index in [1.54, 1.807) is 0 Å². The number of aliphatic hydroxyl groups is 1. The summed E-state index contributed by atoms with van der Waals surface area (Å²) < 4.78 is 0. The van der Waals surface area contributed by atoms with Gasteiger partial charge in [-0.1, -0.05) is 6.07 Å². The number of aryl methyl sites for hydroxylation is 1. The van der Waals surface area contributed by atoms with Gasteiger partial charge in [-0.15, -0.1) is 0 Å². The second kappa shape index (κ2) is 6.75. The maximum atomic E-state index is 12.2. The summed E-state index contributed by atoms with van der Waals surface area (Å²) in [5, 5.41) is 10.2. The van der Waals surface area contributed by atoms with Crippen molar-refractivity contribution in [1.29, 1.82) is 0 Å². The van der Waals surface area contributed by atoms with E-state index in [1.807, 2.05) is 17.2 Å². The lowest BCUT2D eigenvalue weighted by Crippen LogP contribution is -2.37. The number of carbonyl (C=O) groups is 1. The average Bonchev–Trinajstić information content (AvgIpc) is 3.29. The lowest BCUT2D eigenvalue weighted by atomic mass is 10.2. The summed E-state index contributed by atoms with van der Waals surface area (Å²) in [4.78, 5) is 20.7. The maximum Gasteiger partial charge on any atom is 0.222 e. The highest BCUT2D eigenvalue weighted by molar-refractivity contribution is 5.76. The van der Waals surface area contributed by atoms with Crippen LogP contribution in [0.2, 0.25) is 0 Å². The third kappa shape index (κ3) is 4.05. The van der Waals surface area contributed by atoms with Crippen molar-refractivity contribution in [2.45, 2.75) is 38.8 Å². The Hall–Kier alpha value is -1.46. The first-order chi connectivity index (χ1) is 10.6. The number of aliphatic hydroxyl groups excluding tert-OH is 1. The number of β-amino-alcohol motifs (C(OH)–C–C–N with tert-alkyl or cyclic N) is 1. The number of pyridine rings is 1. The third-order valence-corrected chi connectivity index (χ3v) is 4.59. The molecule has 1 atom stereocenters. The van der Waals surface area contributed by atoms with Gasteiger partial charge >= 0.3 is 0 Å². The maximum absolute atomic E-state index is 12.2. The van der Waals surface area contributed by atoms with Crippen LogP contribution < -0.4 is 0 Å². The van der Waals surface area contributed by atoms with Crippen LogP contribution in [0.4, 0.5) is 0 Å². The highest BCUT2D eigenvalue weighted by atomic mass is 16.3. The van der Waals surface area contributed by atoms with E-state index in [1.165, 1.54) is 18.4 Å². The molecule has 1 aromatic heterocycles. The van der Waals surface area contributed by atoms with Gasteiger partial charge in [0.1, 0.15) is 0 Å². The van der Waals surface area contributed by atoms with Gasteiger partial charge in [-0.2, -0.15) is 0 Å². The molecule has 2 heterocycles. The zero-order valence-corrected chi connectivity index (χ0v) is 13.2. The Labute approximate surface area is 131 Å². The zero-order valence-electron chi connectivity index (χ0n) is 13.2. The Morgan fingerprint density at radius 1 is 1.36 bits per heavy atom. The van der Waals surface area contributed by atoms with Gasteiger partial charge in [-0.05, 0) is 37.3 Å². The van der Waals surface area contributed by atoms with E-state index in [4.69, 9.17) is 0 Å². The molecule has 1 aliphatic heterocycles. The molecule has 5 heteroatoms. The molecule has 1 aromatic rings. The number of rotatable bonds is 4. The summed E-state index contributed by atoms with van der Waals surface area (Å²) >= 11 is 0. The zero-order chi connectivity index (χ0) is 15.5. The summed E-state index contributed by atoms with van der Waals surface area (Å²) in [5.74, 6) is 0.803. The fraction of sp³-hybridized carbons (Fsp3) is 0.647. The average molecular weight is 303 g/mol. The van der Waals surface area contributed by atoms with Crippen molar-refractivity contribution < 1.29 is 9.90 Å². The fourth-order valence-electron chi connectivity index (χ4n) is 3.02. The normalized spacial score (nSPS) is 23.4. The molecule has 1 amide bonds. The standard InChI is InChI=1S/C17H25N3O2/c1-13-3-2-6-18-16(13)12-19-7-8-20(11-15(21)10-19)17(22)9-14-4-5-14/h2-3,6,14-15,21H,4-5,7-12H2,1H3/t15-/m0/s1.